The van der Waals surface area contributed by atoms with Crippen molar-refractivity contribution in [2.75, 3.05) is 26.0 Å². The molecule has 1 N–H and O–H groups in total. The third-order valence-corrected chi connectivity index (χ3v) is 2.42. The predicted molar refractivity (Wildman–Crippen MR) is 86.5 cm³/mol. The zero-order chi connectivity index (χ0) is 14.7. The first-order valence-electron chi connectivity index (χ1n) is 6.99. The lowest BCUT2D eigenvalue weighted by Gasteiger charge is -2.08. The molecule has 0 aliphatic carbocycles. The zero-order valence-corrected chi connectivity index (χ0v) is 13.1. The van der Waals surface area contributed by atoms with E-state index in [1.807, 2.05) is 18.2 Å². The molecular formula is C16H29N3. The van der Waals surface area contributed by atoms with Gasteiger partial charge in [-0.15, -0.1) is 0 Å². The third-order valence-electron chi connectivity index (χ3n) is 2.42. The Morgan fingerprint density at radius 1 is 1.42 bits per heavy atom. The lowest BCUT2D eigenvalue weighted by atomic mass is 10.2. The van der Waals surface area contributed by atoms with Gasteiger partial charge in [-0.25, -0.2) is 4.98 Å². The van der Waals surface area contributed by atoms with Crippen LogP contribution in [0.3, 0.4) is 0 Å². The summed E-state index contributed by atoms with van der Waals surface area (Å²) in [5.41, 5.74) is 1.09. The average molecular weight is 263 g/mol. The van der Waals surface area contributed by atoms with Crippen LogP contribution in [0.4, 0.5) is 5.82 Å². The van der Waals surface area contributed by atoms with Crippen molar-refractivity contribution < 1.29 is 0 Å². The fourth-order valence-electron chi connectivity index (χ4n) is 1.42. The molecule has 108 valence electrons. The molecule has 0 radical (unpaired) electrons. The lowest BCUT2D eigenvalue weighted by molar-refractivity contribution is 0.398. The maximum atomic E-state index is 4.17. The van der Waals surface area contributed by atoms with Crippen molar-refractivity contribution in [2.45, 2.75) is 39.7 Å². The molecular weight excluding hydrogens is 234 g/mol. The second-order valence-corrected chi connectivity index (χ2v) is 5.13. The summed E-state index contributed by atoms with van der Waals surface area (Å²) in [5.74, 6) is 0.905. The number of aromatic nitrogens is 1. The number of rotatable bonds is 6. The number of pyridine rings is 1. The van der Waals surface area contributed by atoms with E-state index in [2.05, 4.69) is 56.6 Å². The summed E-state index contributed by atoms with van der Waals surface area (Å²) >= 11 is 0. The van der Waals surface area contributed by atoms with Crippen molar-refractivity contribution in [2.24, 2.45) is 0 Å². The minimum Gasteiger partial charge on any atom is -0.368 e. The summed E-state index contributed by atoms with van der Waals surface area (Å²) in [4.78, 5) is 6.38. The fourth-order valence-corrected chi connectivity index (χ4v) is 1.42. The third kappa shape index (κ3) is 10.3. The smallest absolute Gasteiger partial charge is 0.126 e. The number of nitrogens with zero attached hydrogens (tertiary/aromatic N) is 2. The van der Waals surface area contributed by atoms with E-state index in [1.165, 1.54) is 19.4 Å². The molecule has 0 saturated heterocycles. The van der Waals surface area contributed by atoms with Crippen molar-refractivity contribution >= 4 is 11.9 Å². The van der Waals surface area contributed by atoms with Crippen LogP contribution in [0.15, 0.2) is 24.9 Å². The highest BCUT2D eigenvalue weighted by Gasteiger charge is 1.95. The number of nitrogens with one attached hydrogen (secondary N) is 1. The van der Waals surface area contributed by atoms with Crippen molar-refractivity contribution in [3.8, 4) is 0 Å². The predicted octanol–water partition coefficient (Wildman–Crippen LogP) is 3.89. The molecule has 3 heteroatoms. The monoisotopic (exact) mass is 263 g/mol. The van der Waals surface area contributed by atoms with Gasteiger partial charge in [0.05, 0.1) is 0 Å². The van der Waals surface area contributed by atoms with Gasteiger partial charge in [-0.1, -0.05) is 26.0 Å². The lowest BCUT2D eigenvalue weighted by Crippen LogP contribution is -2.12. The molecule has 0 saturated carbocycles. The van der Waals surface area contributed by atoms with E-state index in [1.54, 1.807) is 6.20 Å². The molecule has 1 aromatic rings. The Kier molecular flexibility index (Phi) is 9.81. The standard InChI is InChI=1S/C10H14N2.C6H15N/c1-4-9-5-6-11-10(7-9)12-8(2)3;1-4-5-6-7(2)3/h4-8H,1H2,2-3H3,(H,11,12);4-6H2,1-3H3. The number of hydrogen-bond donors (Lipinski definition) is 1. The van der Waals surface area contributed by atoms with Gasteiger partial charge in [-0.2, -0.15) is 0 Å². The summed E-state index contributed by atoms with van der Waals surface area (Å²) in [5, 5.41) is 3.22. The maximum Gasteiger partial charge on any atom is 0.126 e. The van der Waals surface area contributed by atoms with E-state index < -0.39 is 0 Å². The minimum atomic E-state index is 0.414. The molecule has 0 amide bonds. The highest BCUT2D eigenvalue weighted by atomic mass is 15.0. The number of hydrogen-bond acceptors (Lipinski definition) is 3. The first-order chi connectivity index (χ1) is 8.99. The molecule has 1 aromatic heterocycles. The SMILES string of the molecule is C=Cc1ccnc(NC(C)C)c1.CCCCN(C)C. The second kappa shape index (κ2) is 10.6. The summed E-state index contributed by atoms with van der Waals surface area (Å²) in [6.07, 6.45) is 6.22. The molecule has 0 aromatic carbocycles. The molecule has 0 spiro atoms. The van der Waals surface area contributed by atoms with Crippen molar-refractivity contribution in [3.05, 3.63) is 30.5 Å². The van der Waals surface area contributed by atoms with Gasteiger partial charge in [0.25, 0.3) is 0 Å². The molecule has 3 nitrogen and oxygen atoms in total. The Labute approximate surface area is 118 Å². The Morgan fingerprint density at radius 2 is 2.11 bits per heavy atom. The van der Waals surface area contributed by atoms with Crippen molar-refractivity contribution in [3.63, 3.8) is 0 Å². The average Bonchev–Trinajstić information content (AvgIpc) is 2.36. The van der Waals surface area contributed by atoms with E-state index >= 15 is 0 Å². The molecule has 0 bridgehead atoms. The van der Waals surface area contributed by atoms with Gasteiger partial charge < -0.3 is 10.2 Å². The van der Waals surface area contributed by atoms with Crippen LogP contribution in [-0.2, 0) is 0 Å². The van der Waals surface area contributed by atoms with Crippen LogP contribution in [0.5, 0.6) is 0 Å². The number of anilines is 1. The summed E-state index contributed by atoms with van der Waals surface area (Å²) < 4.78 is 0. The normalized spacial score (nSPS) is 10.1. The Morgan fingerprint density at radius 3 is 2.53 bits per heavy atom. The van der Waals surface area contributed by atoms with Gasteiger partial charge in [0, 0.05) is 12.2 Å². The van der Waals surface area contributed by atoms with E-state index in [4.69, 9.17) is 0 Å². The quantitative estimate of drug-likeness (QED) is 0.844. The van der Waals surface area contributed by atoms with E-state index in [0.29, 0.717) is 6.04 Å². The van der Waals surface area contributed by atoms with Gasteiger partial charge in [-0.3, -0.25) is 0 Å². The highest BCUT2D eigenvalue weighted by molar-refractivity contribution is 5.52. The Bertz CT molecular complexity index is 346. The van der Waals surface area contributed by atoms with Crippen molar-refractivity contribution in [1.82, 2.24) is 9.88 Å². The summed E-state index contributed by atoms with van der Waals surface area (Å²) in [6.45, 7) is 11.3. The molecule has 0 aliphatic heterocycles. The van der Waals surface area contributed by atoms with Crippen LogP contribution in [0.1, 0.15) is 39.2 Å². The highest BCUT2D eigenvalue weighted by Crippen LogP contribution is 2.08. The second-order valence-electron chi connectivity index (χ2n) is 5.13. The molecule has 0 fully saturated rings. The summed E-state index contributed by atoms with van der Waals surface area (Å²) in [7, 11) is 4.21. The zero-order valence-electron chi connectivity index (χ0n) is 13.1. The largest absolute Gasteiger partial charge is 0.368 e. The number of unbranched alkanes of at least 4 members (excludes halogenated alkanes) is 1. The van der Waals surface area contributed by atoms with Crippen LogP contribution in [-0.4, -0.2) is 36.6 Å². The van der Waals surface area contributed by atoms with Gasteiger partial charge in [0.2, 0.25) is 0 Å². The molecule has 19 heavy (non-hydrogen) atoms. The Hall–Kier alpha value is -1.35. The Balaban J connectivity index is 0.000000399. The maximum absolute atomic E-state index is 4.17. The van der Waals surface area contributed by atoms with Crippen molar-refractivity contribution in [1.29, 1.82) is 0 Å². The fraction of sp³-hybridized carbons (Fsp3) is 0.562. The van der Waals surface area contributed by atoms with E-state index in [-0.39, 0.29) is 0 Å². The minimum absolute atomic E-state index is 0.414. The molecule has 1 heterocycles. The molecule has 0 unspecified atom stereocenters. The van der Waals surface area contributed by atoms with Crippen LogP contribution in [0, 0.1) is 0 Å². The summed E-state index contributed by atoms with van der Waals surface area (Å²) in [6, 6.07) is 4.32. The van der Waals surface area contributed by atoms with Gasteiger partial charge in [0.1, 0.15) is 5.82 Å². The van der Waals surface area contributed by atoms with Crippen LogP contribution in [0.2, 0.25) is 0 Å². The van der Waals surface area contributed by atoms with Crippen LogP contribution >= 0.6 is 0 Å². The van der Waals surface area contributed by atoms with Gasteiger partial charge in [0.15, 0.2) is 0 Å². The van der Waals surface area contributed by atoms with E-state index in [9.17, 15) is 0 Å². The molecule has 0 atom stereocenters. The van der Waals surface area contributed by atoms with Crippen LogP contribution < -0.4 is 5.32 Å². The first kappa shape index (κ1) is 17.6. The molecule has 0 aliphatic rings. The van der Waals surface area contributed by atoms with E-state index in [0.717, 1.165) is 11.4 Å². The van der Waals surface area contributed by atoms with Crippen LogP contribution in [0.25, 0.3) is 6.08 Å². The van der Waals surface area contributed by atoms with Gasteiger partial charge in [-0.05, 0) is 58.6 Å². The molecule has 1 rings (SSSR count). The first-order valence-corrected chi connectivity index (χ1v) is 6.99. The topological polar surface area (TPSA) is 28.2 Å². The van der Waals surface area contributed by atoms with Gasteiger partial charge >= 0.3 is 0 Å².